The summed E-state index contributed by atoms with van der Waals surface area (Å²) in [6.45, 7) is 2.42. The fourth-order valence-corrected chi connectivity index (χ4v) is 2.53. The Bertz CT molecular complexity index is 545. The molecular weight excluding hydrogens is 318 g/mol. The predicted octanol–water partition coefficient (Wildman–Crippen LogP) is 2.55. The largest absolute Gasteiger partial charge is 0.305 e. The molecule has 4 nitrogen and oxygen atoms in total. The Morgan fingerprint density at radius 3 is 2.47 bits per heavy atom. The first-order valence-electron chi connectivity index (χ1n) is 5.78. The second kappa shape index (κ2) is 5.75. The van der Waals surface area contributed by atoms with Gasteiger partial charge in [-0.3, -0.25) is 0 Å². The molecule has 0 saturated heterocycles. The van der Waals surface area contributed by atoms with Crippen LogP contribution in [-0.4, -0.2) is 21.5 Å². The Hall–Kier alpha value is -1.34. The van der Waals surface area contributed by atoms with E-state index in [4.69, 9.17) is 0 Å². The van der Waals surface area contributed by atoms with Gasteiger partial charge in [0.1, 0.15) is 11.6 Å². The van der Waals surface area contributed by atoms with E-state index in [2.05, 4.69) is 31.6 Å². The van der Waals surface area contributed by atoms with Gasteiger partial charge >= 0.3 is 0 Å². The minimum atomic E-state index is -0.652. The maximum atomic E-state index is 13.9. The number of aryl methyl sites for hydroxylation is 1. The van der Waals surface area contributed by atoms with Crippen LogP contribution >= 0.6 is 15.9 Å². The van der Waals surface area contributed by atoms with Crippen LogP contribution in [0.3, 0.4) is 0 Å². The van der Waals surface area contributed by atoms with Crippen molar-refractivity contribution in [2.75, 3.05) is 6.54 Å². The van der Waals surface area contributed by atoms with E-state index in [1.165, 1.54) is 22.9 Å². The van der Waals surface area contributed by atoms with E-state index in [0.29, 0.717) is 16.8 Å². The molecule has 0 amide bonds. The van der Waals surface area contributed by atoms with Crippen molar-refractivity contribution in [3.05, 3.63) is 45.7 Å². The van der Waals surface area contributed by atoms with Crippen LogP contribution in [-0.2, 0) is 7.05 Å². The van der Waals surface area contributed by atoms with Crippen molar-refractivity contribution in [1.82, 2.24) is 20.3 Å². The maximum Gasteiger partial charge on any atom is 0.153 e. The smallest absolute Gasteiger partial charge is 0.153 e. The summed E-state index contributed by atoms with van der Waals surface area (Å²) >= 11 is 3.25. The molecule has 0 aliphatic heterocycles. The minimum absolute atomic E-state index is 0.0320. The van der Waals surface area contributed by atoms with Crippen LogP contribution < -0.4 is 5.32 Å². The number of rotatable bonds is 4. The molecule has 2 aromatic rings. The molecule has 7 heteroatoms. The molecule has 1 N–H and O–H groups in total. The average molecular weight is 331 g/mol. The van der Waals surface area contributed by atoms with Crippen LogP contribution in [0.2, 0.25) is 0 Å². The molecular formula is C12H13BrF2N4. The quantitative estimate of drug-likeness (QED) is 0.936. The van der Waals surface area contributed by atoms with Gasteiger partial charge < -0.3 is 5.32 Å². The van der Waals surface area contributed by atoms with Crippen molar-refractivity contribution < 1.29 is 8.78 Å². The lowest BCUT2D eigenvalue weighted by molar-refractivity contribution is 0.491. The zero-order valence-corrected chi connectivity index (χ0v) is 12.1. The van der Waals surface area contributed by atoms with Gasteiger partial charge in [-0.05, 0) is 34.6 Å². The molecule has 1 atom stereocenters. The van der Waals surface area contributed by atoms with Crippen LogP contribution in [0.5, 0.6) is 0 Å². The van der Waals surface area contributed by atoms with Crippen LogP contribution in [0.25, 0.3) is 0 Å². The third kappa shape index (κ3) is 2.66. The highest BCUT2D eigenvalue weighted by Crippen LogP contribution is 2.30. The van der Waals surface area contributed by atoms with Gasteiger partial charge in [0.2, 0.25) is 0 Å². The van der Waals surface area contributed by atoms with Crippen LogP contribution in [0.1, 0.15) is 24.2 Å². The lowest BCUT2D eigenvalue weighted by Gasteiger charge is -2.19. The standard InChI is InChI=1S/C12H13BrF2N4/c1-3-16-10(11-12(13)17-18-19(11)2)9-7(14)5-4-6-8(9)15/h4-6,10,16H,3H2,1-2H3. The van der Waals surface area contributed by atoms with Gasteiger partial charge in [-0.15, -0.1) is 5.10 Å². The summed E-state index contributed by atoms with van der Waals surface area (Å²) in [5.41, 5.74) is 0.543. The first-order chi connectivity index (χ1) is 9.06. The Morgan fingerprint density at radius 2 is 2.00 bits per heavy atom. The SMILES string of the molecule is CCNC(c1c(F)cccc1F)c1c(Br)nnn1C. The molecule has 0 aliphatic rings. The molecule has 0 spiro atoms. The number of aromatic nitrogens is 3. The van der Waals surface area contributed by atoms with E-state index in [1.807, 2.05) is 6.92 Å². The fraction of sp³-hybridized carbons (Fsp3) is 0.333. The molecule has 1 heterocycles. The zero-order valence-electron chi connectivity index (χ0n) is 10.5. The molecule has 0 fully saturated rings. The normalized spacial score (nSPS) is 12.7. The van der Waals surface area contributed by atoms with Gasteiger partial charge in [-0.2, -0.15) is 0 Å². The van der Waals surface area contributed by atoms with E-state index in [-0.39, 0.29) is 5.56 Å². The monoisotopic (exact) mass is 330 g/mol. The van der Waals surface area contributed by atoms with Crippen molar-refractivity contribution in [3.63, 3.8) is 0 Å². The summed E-state index contributed by atoms with van der Waals surface area (Å²) in [5, 5.41) is 10.7. The summed E-state index contributed by atoms with van der Waals surface area (Å²) in [7, 11) is 1.68. The molecule has 102 valence electrons. The second-order valence-electron chi connectivity index (χ2n) is 4.02. The Balaban J connectivity index is 2.58. The summed E-state index contributed by atoms with van der Waals surface area (Å²) in [5.74, 6) is -1.20. The molecule has 0 saturated carbocycles. The summed E-state index contributed by atoms with van der Waals surface area (Å²) in [4.78, 5) is 0. The number of hydrogen-bond acceptors (Lipinski definition) is 3. The van der Waals surface area contributed by atoms with Crippen LogP contribution in [0.4, 0.5) is 8.78 Å². The van der Waals surface area contributed by atoms with Gasteiger partial charge in [0.15, 0.2) is 4.60 Å². The van der Waals surface area contributed by atoms with Gasteiger partial charge in [0, 0.05) is 12.6 Å². The third-order valence-corrected chi connectivity index (χ3v) is 3.36. The second-order valence-corrected chi connectivity index (χ2v) is 4.77. The molecule has 1 aromatic heterocycles. The van der Waals surface area contributed by atoms with Gasteiger partial charge in [0.05, 0.1) is 11.7 Å². The van der Waals surface area contributed by atoms with E-state index in [0.717, 1.165) is 0 Å². The lowest BCUT2D eigenvalue weighted by atomic mass is 10.0. The fourth-order valence-electron chi connectivity index (χ4n) is 1.97. The van der Waals surface area contributed by atoms with Gasteiger partial charge in [-0.25, -0.2) is 13.5 Å². The zero-order chi connectivity index (χ0) is 14.0. The van der Waals surface area contributed by atoms with Crippen LogP contribution in [0.15, 0.2) is 22.8 Å². The topological polar surface area (TPSA) is 42.7 Å². The highest BCUT2D eigenvalue weighted by atomic mass is 79.9. The summed E-state index contributed by atoms with van der Waals surface area (Å²) in [6, 6.07) is 3.16. The van der Waals surface area contributed by atoms with E-state index in [1.54, 1.807) is 7.05 Å². The maximum absolute atomic E-state index is 13.9. The lowest BCUT2D eigenvalue weighted by Crippen LogP contribution is -2.26. The molecule has 1 aromatic carbocycles. The summed E-state index contributed by atoms with van der Waals surface area (Å²) < 4.78 is 29.8. The van der Waals surface area contributed by atoms with Crippen molar-refractivity contribution >= 4 is 15.9 Å². The first kappa shape index (κ1) is 14.1. The number of nitrogens with one attached hydrogen (secondary N) is 1. The molecule has 0 radical (unpaired) electrons. The molecule has 1 unspecified atom stereocenters. The van der Waals surface area contributed by atoms with Gasteiger partial charge in [-0.1, -0.05) is 18.2 Å². The highest BCUT2D eigenvalue weighted by Gasteiger charge is 2.26. The number of nitrogens with zero attached hydrogens (tertiary/aromatic N) is 3. The highest BCUT2D eigenvalue weighted by molar-refractivity contribution is 9.10. The van der Waals surface area contributed by atoms with Gasteiger partial charge in [0.25, 0.3) is 0 Å². The summed E-state index contributed by atoms with van der Waals surface area (Å²) in [6.07, 6.45) is 0. The molecule has 2 rings (SSSR count). The first-order valence-corrected chi connectivity index (χ1v) is 6.58. The van der Waals surface area contributed by atoms with Crippen molar-refractivity contribution in [2.45, 2.75) is 13.0 Å². The Morgan fingerprint density at radius 1 is 1.37 bits per heavy atom. The third-order valence-electron chi connectivity index (χ3n) is 2.80. The van der Waals surface area contributed by atoms with Crippen LogP contribution in [0, 0.1) is 11.6 Å². The minimum Gasteiger partial charge on any atom is -0.305 e. The van der Waals surface area contributed by atoms with Crippen molar-refractivity contribution in [1.29, 1.82) is 0 Å². The Kier molecular flexibility index (Phi) is 4.26. The molecule has 0 aliphatic carbocycles. The predicted molar refractivity (Wildman–Crippen MR) is 70.6 cm³/mol. The Labute approximate surface area is 117 Å². The van der Waals surface area contributed by atoms with Crippen molar-refractivity contribution in [2.24, 2.45) is 7.05 Å². The molecule has 19 heavy (non-hydrogen) atoms. The number of benzene rings is 1. The number of halogens is 3. The van der Waals surface area contributed by atoms with E-state index in [9.17, 15) is 8.78 Å². The molecule has 0 bridgehead atoms. The number of hydrogen-bond donors (Lipinski definition) is 1. The van der Waals surface area contributed by atoms with Crippen molar-refractivity contribution in [3.8, 4) is 0 Å². The van der Waals surface area contributed by atoms with E-state index < -0.39 is 17.7 Å². The van der Waals surface area contributed by atoms with E-state index >= 15 is 0 Å². The average Bonchev–Trinajstić information content (AvgIpc) is 2.68.